The minimum Gasteiger partial charge on any atom is -0.456 e. The number of allylic oxidation sites excluding steroid dienone is 1. The third kappa shape index (κ3) is 9.29. The Labute approximate surface area is 348 Å². The first-order chi connectivity index (χ1) is 28.6. The molecule has 5 aromatic carbocycles. The molecule has 1 amide bonds. The average Bonchev–Trinajstić information content (AvgIpc) is 3.74. The Kier molecular flexibility index (Phi) is 12.0. The minimum absolute atomic E-state index is 0.00130. The summed E-state index contributed by atoms with van der Waals surface area (Å²) in [7, 11) is -4.54. The second kappa shape index (κ2) is 17.6. The average molecular weight is 834 g/mol. The number of rotatable bonds is 13. The standard InChI is InChI=1S/C45H44ClN5O7S/c46-35-13-11-33(12-14-35)38-8-2-1-5-34(38)30-49-21-23-50(24-22-49)36-15-17-40(44(27-36)58-43-10-4-7-32-6-3-9-39(32)43)45(52)48-59(55,56)37-16-18-41(42(28-37)51(53)54)47-29-31-19-25-57-26-20-31/h1-5,7-18,27-28,31,47H,6,19-26,29-30H2,(H,48,52). The second-order valence-corrected chi connectivity index (χ2v) is 17.1. The fourth-order valence-electron chi connectivity index (χ4n) is 7.84. The van der Waals surface area contributed by atoms with Crippen molar-refractivity contribution < 1.29 is 27.6 Å². The third-order valence-electron chi connectivity index (χ3n) is 11.1. The Morgan fingerprint density at radius 2 is 1.68 bits per heavy atom. The molecular weight excluding hydrogens is 790 g/mol. The Bertz CT molecular complexity index is 2500. The highest BCUT2D eigenvalue weighted by Gasteiger charge is 2.28. The van der Waals surface area contributed by atoms with Crippen LogP contribution >= 0.6 is 11.6 Å². The van der Waals surface area contributed by atoms with Crippen LogP contribution in [-0.4, -0.2) is 70.1 Å². The van der Waals surface area contributed by atoms with E-state index in [0.29, 0.717) is 43.6 Å². The van der Waals surface area contributed by atoms with Crippen molar-refractivity contribution in [2.45, 2.75) is 30.7 Å². The number of hydrogen-bond acceptors (Lipinski definition) is 10. The normalized spacial score (nSPS) is 15.8. The number of nitrogens with zero attached hydrogens (tertiary/aromatic N) is 3. The highest BCUT2D eigenvalue weighted by molar-refractivity contribution is 7.90. The number of nitro groups is 1. The van der Waals surface area contributed by atoms with Gasteiger partial charge in [0.05, 0.1) is 15.4 Å². The molecule has 0 atom stereocenters. The summed E-state index contributed by atoms with van der Waals surface area (Å²) in [6, 6.07) is 30.7. The summed E-state index contributed by atoms with van der Waals surface area (Å²) in [5, 5.41) is 15.9. The molecule has 2 N–H and O–H groups in total. The van der Waals surface area contributed by atoms with Gasteiger partial charge in [-0.1, -0.05) is 72.3 Å². The van der Waals surface area contributed by atoms with Gasteiger partial charge in [0.1, 0.15) is 17.2 Å². The monoisotopic (exact) mass is 833 g/mol. The SMILES string of the molecule is O=C(NS(=O)(=O)c1ccc(NCC2CCOCC2)c([N+](=O)[O-])c1)c1ccc(N2CCN(Cc3ccccc3-c3ccc(Cl)cc3)CC2)cc1Oc1cccc2c1C=CC2. The van der Waals surface area contributed by atoms with Crippen LogP contribution in [0.15, 0.2) is 114 Å². The number of carbonyl (C=O) groups is 1. The summed E-state index contributed by atoms with van der Waals surface area (Å²) >= 11 is 6.16. The molecule has 1 aliphatic carbocycles. The highest BCUT2D eigenvalue weighted by Crippen LogP contribution is 2.37. The van der Waals surface area contributed by atoms with E-state index in [-0.39, 0.29) is 22.9 Å². The zero-order chi connectivity index (χ0) is 40.9. The molecule has 2 heterocycles. The van der Waals surface area contributed by atoms with Gasteiger partial charge >= 0.3 is 0 Å². The number of piperazine rings is 1. The Morgan fingerprint density at radius 1 is 0.898 bits per heavy atom. The maximum atomic E-state index is 13.9. The van der Waals surface area contributed by atoms with Crippen LogP contribution in [-0.2, 0) is 27.7 Å². The van der Waals surface area contributed by atoms with Crippen LogP contribution in [0.25, 0.3) is 17.2 Å². The van der Waals surface area contributed by atoms with Crippen LogP contribution in [0, 0.1) is 16.0 Å². The molecule has 0 radical (unpaired) electrons. The van der Waals surface area contributed by atoms with E-state index in [2.05, 4.69) is 38.0 Å². The lowest BCUT2D eigenvalue weighted by Gasteiger charge is -2.36. The van der Waals surface area contributed by atoms with Gasteiger partial charge in [0.2, 0.25) is 0 Å². The van der Waals surface area contributed by atoms with Crippen molar-refractivity contribution in [2.24, 2.45) is 5.92 Å². The summed E-state index contributed by atoms with van der Waals surface area (Å²) in [4.78, 5) is 29.6. The molecule has 0 saturated carbocycles. The van der Waals surface area contributed by atoms with E-state index in [0.717, 1.165) is 67.3 Å². The zero-order valence-electron chi connectivity index (χ0n) is 32.3. The predicted molar refractivity (Wildman–Crippen MR) is 230 cm³/mol. The largest absolute Gasteiger partial charge is 0.456 e. The quantitative estimate of drug-likeness (QED) is 0.0875. The van der Waals surface area contributed by atoms with Crippen molar-refractivity contribution >= 4 is 50.7 Å². The first kappa shape index (κ1) is 40.1. The van der Waals surface area contributed by atoms with E-state index < -0.39 is 31.4 Å². The van der Waals surface area contributed by atoms with E-state index in [1.54, 1.807) is 18.2 Å². The van der Waals surface area contributed by atoms with E-state index in [1.165, 1.54) is 23.3 Å². The molecule has 2 fully saturated rings. The first-order valence-corrected chi connectivity index (χ1v) is 21.6. The number of fused-ring (bicyclic) bond motifs is 1. The zero-order valence-corrected chi connectivity index (χ0v) is 33.9. The summed E-state index contributed by atoms with van der Waals surface area (Å²) in [5.41, 5.74) is 6.09. The molecule has 3 aliphatic rings. The molecular formula is C45H44ClN5O7S. The predicted octanol–water partition coefficient (Wildman–Crippen LogP) is 8.56. The molecule has 2 saturated heterocycles. The molecule has 12 nitrogen and oxygen atoms in total. The van der Waals surface area contributed by atoms with Gasteiger partial charge in [-0.3, -0.25) is 19.8 Å². The van der Waals surface area contributed by atoms with E-state index in [4.69, 9.17) is 21.1 Å². The van der Waals surface area contributed by atoms with Crippen LogP contribution in [0.4, 0.5) is 17.1 Å². The molecule has 0 unspecified atom stereocenters. The molecule has 5 aromatic rings. The summed E-state index contributed by atoms with van der Waals surface area (Å²) in [6.07, 6.45) is 6.41. The number of benzene rings is 5. The fourth-order valence-corrected chi connectivity index (χ4v) is 8.95. The fraction of sp³-hybridized carbons (Fsp3) is 0.267. The van der Waals surface area contributed by atoms with Crippen molar-refractivity contribution in [2.75, 3.05) is 56.2 Å². The van der Waals surface area contributed by atoms with Gasteiger partial charge in [0.15, 0.2) is 0 Å². The molecule has 0 aromatic heterocycles. The van der Waals surface area contributed by atoms with Crippen LogP contribution in [0.5, 0.6) is 11.5 Å². The van der Waals surface area contributed by atoms with Crippen molar-refractivity contribution in [3.63, 3.8) is 0 Å². The second-order valence-electron chi connectivity index (χ2n) is 15.0. The molecule has 14 heteroatoms. The van der Waals surface area contributed by atoms with Crippen molar-refractivity contribution in [3.8, 4) is 22.6 Å². The van der Waals surface area contributed by atoms with Crippen LogP contribution < -0.4 is 19.7 Å². The van der Waals surface area contributed by atoms with E-state index >= 15 is 0 Å². The Hall–Kier alpha value is -5.73. The number of carbonyl (C=O) groups excluding carboxylic acids is 1. The van der Waals surface area contributed by atoms with Crippen LogP contribution in [0.1, 0.15) is 39.9 Å². The Morgan fingerprint density at radius 3 is 2.46 bits per heavy atom. The van der Waals surface area contributed by atoms with Gasteiger partial charge < -0.3 is 19.7 Å². The Balaban J connectivity index is 1.01. The number of hydrogen-bond donors (Lipinski definition) is 2. The lowest BCUT2D eigenvalue weighted by Crippen LogP contribution is -2.46. The number of nitro benzene ring substituents is 1. The van der Waals surface area contributed by atoms with Crippen LogP contribution in [0.2, 0.25) is 5.02 Å². The third-order valence-corrected chi connectivity index (χ3v) is 12.7. The van der Waals surface area contributed by atoms with Gasteiger partial charge in [0, 0.05) is 80.9 Å². The molecule has 304 valence electrons. The molecule has 0 bridgehead atoms. The lowest BCUT2D eigenvalue weighted by atomic mass is 9.99. The summed E-state index contributed by atoms with van der Waals surface area (Å²) in [5.74, 6) is 0.0694. The summed E-state index contributed by atoms with van der Waals surface area (Å²) in [6.45, 7) is 5.53. The number of anilines is 2. The van der Waals surface area contributed by atoms with Gasteiger partial charge in [0.25, 0.3) is 21.6 Å². The highest BCUT2D eigenvalue weighted by atomic mass is 35.5. The summed E-state index contributed by atoms with van der Waals surface area (Å²) < 4.78 is 41.3. The smallest absolute Gasteiger partial charge is 0.293 e. The van der Waals surface area contributed by atoms with Gasteiger partial charge in [-0.25, -0.2) is 13.1 Å². The van der Waals surface area contributed by atoms with Crippen molar-refractivity contribution in [3.05, 3.63) is 147 Å². The topological polar surface area (TPSA) is 143 Å². The van der Waals surface area contributed by atoms with Gasteiger partial charge in [-0.15, -0.1) is 0 Å². The van der Waals surface area contributed by atoms with Crippen molar-refractivity contribution in [1.29, 1.82) is 0 Å². The van der Waals surface area contributed by atoms with Gasteiger partial charge in [-0.2, -0.15) is 0 Å². The van der Waals surface area contributed by atoms with E-state index in [1.807, 2.05) is 60.7 Å². The molecule has 2 aliphatic heterocycles. The maximum absolute atomic E-state index is 13.9. The number of nitrogens with one attached hydrogen (secondary N) is 2. The lowest BCUT2D eigenvalue weighted by molar-refractivity contribution is -0.384. The molecule has 8 rings (SSSR count). The van der Waals surface area contributed by atoms with Gasteiger partial charge in [-0.05, 0) is 89.9 Å². The van der Waals surface area contributed by atoms with E-state index in [9.17, 15) is 23.3 Å². The maximum Gasteiger partial charge on any atom is 0.293 e. The van der Waals surface area contributed by atoms with Crippen LogP contribution in [0.3, 0.4) is 0 Å². The molecule has 59 heavy (non-hydrogen) atoms. The first-order valence-electron chi connectivity index (χ1n) is 19.7. The number of ether oxygens (including phenoxy) is 2. The molecule has 0 spiro atoms. The van der Waals surface area contributed by atoms with Crippen molar-refractivity contribution in [1.82, 2.24) is 9.62 Å². The number of halogens is 1. The number of sulfonamides is 1. The minimum atomic E-state index is -4.54. The number of amides is 1.